The van der Waals surface area contributed by atoms with Gasteiger partial charge in [-0.05, 0) is 46.0 Å². The molecule has 0 saturated carbocycles. The Morgan fingerprint density at radius 1 is 1.15 bits per heavy atom. The minimum Gasteiger partial charge on any atom is -0.374 e. The van der Waals surface area contributed by atoms with Crippen molar-refractivity contribution in [1.29, 1.82) is 0 Å². The van der Waals surface area contributed by atoms with Gasteiger partial charge in [0.2, 0.25) is 11.8 Å². The largest absolute Gasteiger partial charge is 0.374 e. The molecular weight excluding hydrogens is 348 g/mol. The third-order valence-corrected chi connectivity index (χ3v) is 5.64. The maximum absolute atomic E-state index is 12.7. The summed E-state index contributed by atoms with van der Waals surface area (Å²) in [6.45, 7) is 8.59. The second kappa shape index (κ2) is 9.12. The third-order valence-electron chi connectivity index (χ3n) is 5.64. The van der Waals surface area contributed by atoms with Gasteiger partial charge in [-0.1, -0.05) is 6.92 Å². The highest BCUT2D eigenvalue weighted by Gasteiger charge is 2.38. The summed E-state index contributed by atoms with van der Waals surface area (Å²) >= 11 is 0. The number of carbonyl (C=O) groups is 3. The number of ether oxygens (including phenoxy) is 1. The summed E-state index contributed by atoms with van der Waals surface area (Å²) in [7, 11) is 0. The Hall–Kier alpha value is -1.51. The molecule has 4 N–H and O–H groups in total. The highest BCUT2D eigenvalue weighted by atomic mass is 16.5. The van der Waals surface area contributed by atoms with Gasteiger partial charge in [-0.3, -0.25) is 14.4 Å². The summed E-state index contributed by atoms with van der Waals surface area (Å²) in [4.78, 5) is 40.1. The van der Waals surface area contributed by atoms with Crippen LogP contribution in [0.3, 0.4) is 0 Å². The first-order valence-corrected chi connectivity index (χ1v) is 9.87. The van der Waals surface area contributed by atoms with Crippen LogP contribution >= 0.6 is 0 Å². The summed E-state index contributed by atoms with van der Waals surface area (Å²) < 4.78 is 5.88. The smallest absolute Gasteiger partial charge is 0.242 e. The van der Waals surface area contributed by atoms with Crippen LogP contribution in [-0.2, 0) is 19.1 Å². The molecule has 0 aromatic carbocycles. The van der Waals surface area contributed by atoms with Crippen molar-refractivity contribution in [3.8, 4) is 0 Å². The van der Waals surface area contributed by atoms with Gasteiger partial charge in [0, 0.05) is 13.1 Å². The van der Waals surface area contributed by atoms with Crippen molar-refractivity contribution in [2.75, 3.05) is 19.7 Å². The Bertz CT molecular complexity index is 568. The molecule has 8 heteroatoms. The van der Waals surface area contributed by atoms with E-state index in [1.165, 1.54) is 6.92 Å². The number of nitrogens with zero attached hydrogens (tertiary/aromatic N) is 2. The molecule has 0 aliphatic carbocycles. The molecule has 0 unspecified atom stereocenters. The molecule has 6 atom stereocenters. The Labute approximate surface area is 161 Å². The molecule has 2 aliphatic rings. The molecule has 2 fully saturated rings. The van der Waals surface area contributed by atoms with Gasteiger partial charge < -0.3 is 26.0 Å². The van der Waals surface area contributed by atoms with E-state index in [0.29, 0.717) is 32.0 Å². The lowest BCUT2D eigenvalue weighted by Crippen LogP contribution is -2.53. The number of ketones is 1. The average Bonchev–Trinajstić information content (AvgIpc) is 3.24. The summed E-state index contributed by atoms with van der Waals surface area (Å²) in [6.07, 6.45) is 1.84. The number of hydrogen-bond acceptors (Lipinski definition) is 6. The van der Waals surface area contributed by atoms with E-state index in [9.17, 15) is 14.4 Å². The van der Waals surface area contributed by atoms with Crippen molar-refractivity contribution in [3.05, 3.63) is 0 Å². The second-order valence-corrected chi connectivity index (χ2v) is 8.14. The SMILES string of the molecule is CC(=O)[C@@H]1CCCN1C(=O)[C@@H](N)[C@H](C)OC[C@@H]1C[C@@H](C)CN1C(=O)[C@H](C)N. The van der Waals surface area contributed by atoms with Crippen LogP contribution < -0.4 is 11.5 Å². The minimum absolute atomic E-state index is 0.00776. The predicted octanol–water partition coefficient (Wildman–Crippen LogP) is -0.117. The predicted molar refractivity (Wildman–Crippen MR) is 102 cm³/mol. The van der Waals surface area contributed by atoms with E-state index in [1.807, 2.05) is 0 Å². The van der Waals surface area contributed by atoms with E-state index in [4.69, 9.17) is 16.2 Å². The number of Topliss-reactive ketones (excluding diaryl/α,β-unsaturated/α-hetero) is 1. The average molecular weight is 383 g/mol. The fourth-order valence-corrected chi connectivity index (χ4v) is 4.05. The van der Waals surface area contributed by atoms with E-state index in [2.05, 4.69) is 6.92 Å². The third kappa shape index (κ3) is 5.06. The quantitative estimate of drug-likeness (QED) is 0.634. The van der Waals surface area contributed by atoms with E-state index in [0.717, 1.165) is 12.8 Å². The van der Waals surface area contributed by atoms with Crippen LogP contribution in [0, 0.1) is 5.92 Å². The van der Waals surface area contributed by atoms with Crippen LogP contribution in [0.4, 0.5) is 0 Å². The fourth-order valence-electron chi connectivity index (χ4n) is 4.05. The summed E-state index contributed by atoms with van der Waals surface area (Å²) in [5.74, 6) is 0.0466. The summed E-state index contributed by atoms with van der Waals surface area (Å²) in [5.41, 5.74) is 11.9. The zero-order valence-electron chi connectivity index (χ0n) is 16.9. The van der Waals surface area contributed by atoms with Crippen LogP contribution in [0.25, 0.3) is 0 Å². The maximum Gasteiger partial charge on any atom is 0.242 e. The van der Waals surface area contributed by atoms with Crippen LogP contribution in [0.5, 0.6) is 0 Å². The Kier molecular flexibility index (Phi) is 7.36. The van der Waals surface area contributed by atoms with Gasteiger partial charge in [0.25, 0.3) is 0 Å². The summed E-state index contributed by atoms with van der Waals surface area (Å²) in [5, 5.41) is 0. The van der Waals surface area contributed by atoms with Crippen molar-refractivity contribution >= 4 is 17.6 Å². The van der Waals surface area contributed by atoms with Gasteiger partial charge in [-0.25, -0.2) is 0 Å². The lowest BCUT2D eigenvalue weighted by molar-refractivity contribution is -0.142. The van der Waals surface area contributed by atoms with E-state index < -0.39 is 18.2 Å². The van der Waals surface area contributed by atoms with Gasteiger partial charge in [0.1, 0.15) is 6.04 Å². The van der Waals surface area contributed by atoms with E-state index in [-0.39, 0.29) is 29.7 Å². The van der Waals surface area contributed by atoms with Crippen LogP contribution in [0.15, 0.2) is 0 Å². The molecule has 0 bridgehead atoms. The van der Waals surface area contributed by atoms with Crippen molar-refractivity contribution in [1.82, 2.24) is 9.80 Å². The molecular formula is C19H34N4O4. The molecule has 2 heterocycles. The normalized spacial score (nSPS) is 28.9. The molecule has 0 aromatic rings. The van der Waals surface area contributed by atoms with Crippen LogP contribution in [-0.4, -0.2) is 77.4 Å². The molecule has 0 aromatic heterocycles. The number of carbonyl (C=O) groups excluding carboxylic acids is 3. The molecule has 8 nitrogen and oxygen atoms in total. The zero-order chi connectivity index (χ0) is 20.3. The van der Waals surface area contributed by atoms with E-state index >= 15 is 0 Å². The monoisotopic (exact) mass is 382 g/mol. The molecule has 2 aliphatic heterocycles. The zero-order valence-corrected chi connectivity index (χ0v) is 16.9. The van der Waals surface area contributed by atoms with Crippen molar-refractivity contribution < 1.29 is 19.1 Å². The first-order valence-electron chi connectivity index (χ1n) is 9.87. The van der Waals surface area contributed by atoms with Gasteiger partial charge >= 0.3 is 0 Å². The molecule has 0 spiro atoms. The number of amides is 2. The van der Waals surface area contributed by atoms with Gasteiger partial charge in [-0.15, -0.1) is 0 Å². The lowest BCUT2D eigenvalue weighted by atomic mass is 10.1. The van der Waals surface area contributed by atoms with Gasteiger partial charge in [-0.2, -0.15) is 0 Å². The number of nitrogens with two attached hydrogens (primary N) is 2. The standard InChI is InChI=1S/C19H34N4O4/c1-11-8-15(23(9-11)18(25)12(2)20)10-27-14(4)17(21)19(26)22-7-5-6-16(22)13(3)24/h11-12,14-17H,5-10,20-21H2,1-4H3/t11-,12+,14+,15+,16+,17+/m1/s1. The van der Waals surface area contributed by atoms with Gasteiger partial charge in [0.05, 0.1) is 30.8 Å². The molecule has 27 heavy (non-hydrogen) atoms. The highest BCUT2D eigenvalue weighted by molar-refractivity contribution is 5.90. The van der Waals surface area contributed by atoms with Crippen molar-refractivity contribution in [3.63, 3.8) is 0 Å². The Morgan fingerprint density at radius 3 is 2.41 bits per heavy atom. The highest BCUT2D eigenvalue weighted by Crippen LogP contribution is 2.24. The molecule has 0 radical (unpaired) electrons. The molecule has 154 valence electrons. The Balaban J connectivity index is 1.92. The fraction of sp³-hybridized carbons (Fsp3) is 0.842. The first kappa shape index (κ1) is 21.8. The van der Waals surface area contributed by atoms with Crippen molar-refractivity contribution in [2.24, 2.45) is 17.4 Å². The lowest BCUT2D eigenvalue weighted by Gasteiger charge is -2.30. The van der Waals surface area contributed by atoms with E-state index in [1.54, 1.807) is 23.6 Å². The van der Waals surface area contributed by atoms with Crippen LogP contribution in [0.1, 0.15) is 47.0 Å². The number of rotatable bonds is 7. The van der Waals surface area contributed by atoms with Crippen molar-refractivity contribution in [2.45, 2.75) is 77.2 Å². The van der Waals surface area contributed by atoms with Gasteiger partial charge in [0.15, 0.2) is 5.78 Å². The number of hydrogen-bond donors (Lipinski definition) is 2. The maximum atomic E-state index is 12.7. The second-order valence-electron chi connectivity index (χ2n) is 8.14. The summed E-state index contributed by atoms with van der Waals surface area (Å²) in [6, 6.07) is -1.80. The Morgan fingerprint density at radius 2 is 1.81 bits per heavy atom. The topological polar surface area (TPSA) is 119 Å². The molecule has 2 saturated heterocycles. The number of likely N-dealkylation sites (tertiary alicyclic amines) is 2. The first-order chi connectivity index (χ1) is 12.6. The molecule has 2 rings (SSSR count). The van der Waals surface area contributed by atoms with Crippen LogP contribution in [0.2, 0.25) is 0 Å². The molecule has 2 amide bonds. The minimum atomic E-state index is -0.832.